The summed E-state index contributed by atoms with van der Waals surface area (Å²) in [5.74, 6) is 2.53. The lowest BCUT2D eigenvalue weighted by molar-refractivity contribution is 0.497. The van der Waals surface area contributed by atoms with Crippen LogP contribution in [0.4, 0.5) is 5.82 Å². The SMILES string of the molecule is Cc1nc(Br)cc(NC(C)Cc2ccco2)n1. The summed E-state index contributed by atoms with van der Waals surface area (Å²) in [5.41, 5.74) is 0. The van der Waals surface area contributed by atoms with E-state index < -0.39 is 0 Å². The van der Waals surface area contributed by atoms with Crippen LogP contribution in [0.15, 0.2) is 33.5 Å². The van der Waals surface area contributed by atoms with Crippen molar-refractivity contribution in [2.45, 2.75) is 26.3 Å². The van der Waals surface area contributed by atoms with Crippen LogP contribution in [0.3, 0.4) is 0 Å². The molecule has 1 unspecified atom stereocenters. The van der Waals surface area contributed by atoms with Gasteiger partial charge in [-0.05, 0) is 41.9 Å². The maximum Gasteiger partial charge on any atom is 0.131 e. The van der Waals surface area contributed by atoms with Gasteiger partial charge in [0.05, 0.1) is 6.26 Å². The van der Waals surface area contributed by atoms with Crippen LogP contribution >= 0.6 is 15.9 Å². The molecule has 1 N–H and O–H groups in total. The molecule has 2 rings (SSSR count). The van der Waals surface area contributed by atoms with Crippen LogP contribution < -0.4 is 5.32 Å². The smallest absolute Gasteiger partial charge is 0.131 e. The Kier molecular flexibility index (Phi) is 3.78. The number of rotatable bonds is 4. The van der Waals surface area contributed by atoms with Crippen LogP contribution in [-0.2, 0) is 6.42 Å². The zero-order valence-corrected chi connectivity index (χ0v) is 11.4. The van der Waals surface area contributed by atoms with Crippen molar-refractivity contribution in [3.63, 3.8) is 0 Å². The Morgan fingerprint density at radius 2 is 2.29 bits per heavy atom. The summed E-state index contributed by atoms with van der Waals surface area (Å²) < 4.78 is 6.10. The Morgan fingerprint density at radius 1 is 1.47 bits per heavy atom. The van der Waals surface area contributed by atoms with Gasteiger partial charge in [-0.3, -0.25) is 0 Å². The summed E-state index contributed by atoms with van der Waals surface area (Å²) in [5, 5.41) is 3.32. The lowest BCUT2D eigenvalue weighted by Crippen LogP contribution is -2.19. The average molecular weight is 296 g/mol. The highest BCUT2D eigenvalue weighted by atomic mass is 79.9. The number of nitrogens with zero attached hydrogens (tertiary/aromatic N) is 2. The molecule has 1 atom stereocenters. The number of anilines is 1. The predicted octanol–water partition coefficient (Wildman–Crippen LogP) is 3.18. The fourth-order valence-electron chi connectivity index (χ4n) is 1.64. The van der Waals surface area contributed by atoms with Crippen LogP contribution in [0, 0.1) is 6.92 Å². The zero-order chi connectivity index (χ0) is 12.3. The van der Waals surface area contributed by atoms with E-state index >= 15 is 0 Å². The number of hydrogen-bond donors (Lipinski definition) is 1. The first-order valence-electron chi connectivity index (χ1n) is 5.43. The second-order valence-electron chi connectivity index (χ2n) is 3.95. The lowest BCUT2D eigenvalue weighted by Gasteiger charge is -2.13. The molecule has 0 aromatic carbocycles. The highest BCUT2D eigenvalue weighted by Gasteiger charge is 2.07. The lowest BCUT2D eigenvalue weighted by atomic mass is 10.2. The standard InChI is InChI=1S/C12H14BrN3O/c1-8(6-10-4-3-5-17-10)14-12-7-11(13)15-9(2)16-12/h3-5,7-8H,6H2,1-2H3,(H,14,15,16). The van der Waals surface area contributed by atoms with E-state index in [1.54, 1.807) is 6.26 Å². The summed E-state index contributed by atoms with van der Waals surface area (Å²) >= 11 is 3.35. The van der Waals surface area contributed by atoms with Gasteiger partial charge in [0.15, 0.2) is 0 Å². The topological polar surface area (TPSA) is 51.0 Å². The summed E-state index contributed by atoms with van der Waals surface area (Å²) in [6.45, 7) is 3.96. The Labute approximate surface area is 109 Å². The Hall–Kier alpha value is -1.36. The molecule has 2 heterocycles. The normalized spacial score (nSPS) is 12.4. The first-order chi connectivity index (χ1) is 8.13. The quantitative estimate of drug-likeness (QED) is 0.880. The van der Waals surface area contributed by atoms with Gasteiger partial charge in [-0.2, -0.15) is 0 Å². The zero-order valence-electron chi connectivity index (χ0n) is 9.77. The van der Waals surface area contributed by atoms with E-state index in [1.807, 2.05) is 25.1 Å². The Balaban J connectivity index is 2.00. The van der Waals surface area contributed by atoms with E-state index in [1.165, 1.54) is 0 Å². The summed E-state index contributed by atoms with van der Waals surface area (Å²) in [6, 6.07) is 5.99. The minimum atomic E-state index is 0.252. The first kappa shape index (κ1) is 12.1. The number of hydrogen-bond acceptors (Lipinski definition) is 4. The second-order valence-corrected chi connectivity index (χ2v) is 4.76. The molecule has 0 aliphatic carbocycles. The molecule has 0 bridgehead atoms. The molecular weight excluding hydrogens is 282 g/mol. The van der Waals surface area contributed by atoms with Crippen molar-refractivity contribution in [3.8, 4) is 0 Å². The van der Waals surface area contributed by atoms with Crippen molar-refractivity contribution >= 4 is 21.7 Å². The van der Waals surface area contributed by atoms with Crippen LogP contribution in [0.25, 0.3) is 0 Å². The van der Waals surface area contributed by atoms with Gasteiger partial charge in [0, 0.05) is 18.5 Å². The van der Waals surface area contributed by atoms with Crippen molar-refractivity contribution in [1.29, 1.82) is 0 Å². The molecule has 5 heteroatoms. The fraction of sp³-hybridized carbons (Fsp3) is 0.333. The molecule has 0 amide bonds. The molecule has 17 heavy (non-hydrogen) atoms. The third-order valence-electron chi connectivity index (χ3n) is 2.29. The van der Waals surface area contributed by atoms with Crippen molar-refractivity contribution < 1.29 is 4.42 Å². The van der Waals surface area contributed by atoms with Crippen LogP contribution in [0.1, 0.15) is 18.5 Å². The van der Waals surface area contributed by atoms with E-state index in [9.17, 15) is 0 Å². The van der Waals surface area contributed by atoms with Crippen molar-refractivity contribution in [2.24, 2.45) is 0 Å². The van der Waals surface area contributed by atoms with E-state index in [0.717, 1.165) is 28.4 Å². The van der Waals surface area contributed by atoms with Crippen LogP contribution in [-0.4, -0.2) is 16.0 Å². The van der Waals surface area contributed by atoms with Crippen molar-refractivity contribution in [3.05, 3.63) is 40.7 Å². The van der Waals surface area contributed by atoms with Gasteiger partial charge in [-0.25, -0.2) is 9.97 Å². The summed E-state index contributed by atoms with van der Waals surface area (Å²) in [7, 11) is 0. The van der Waals surface area contributed by atoms with Gasteiger partial charge in [0.2, 0.25) is 0 Å². The molecule has 0 saturated heterocycles. The van der Waals surface area contributed by atoms with Crippen LogP contribution in [0.5, 0.6) is 0 Å². The fourth-order valence-corrected chi connectivity index (χ4v) is 2.11. The number of halogens is 1. The molecule has 2 aromatic heterocycles. The minimum Gasteiger partial charge on any atom is -0.469 e. The second kappa shape index (κ2) is 5.31. The van der Waals surface area contributed by atoms with E-state index in [0.29, 0.717) is 0 Å². The maximum absolute atomic E-state index is 5.31. The van der Waals surface area contributed by atoms with Gasteiger partial charge in [-0.1, -0.05) is 0 Å². The first-order valence-corrected chi connectivity index (χ1v) is 6.23. The van der Waals surface area contributed by atoms with Gasteiger partial charge >= 0.3 is 0 Å². The predicted molar refractivity (Wildman–Crippen MR) is 70.0 cm³/mol. The average Bonchev–Trinajstić information content (AvgIpc) is 2.67. The monoisotopic (exact) mass is 295 g/mol. The molecule has 2 aromatic rings. The maximum atomic E-state index is 5.31. The minimum absolute atomic E-state index is 0.252. The number of aryl methyl sites for hydroxylation is 1. The highest BCUT2D eigenvalue weighted by molar-refractivity contribution is 9.10. The van der Waals surface area contributed by atoms with Crippen molar-refractivity contribution in [2.75, 3.05) is 5.32 Å². The molecule has 0 saturated carbocycles. The molecular formula is C12H14BrN3O. The van der Waals surface area contributed by atoms with Gasteiger partial charge in [0.25, 0.3) is 0 Å². The van der Waals surface area contributed by atoms with E-state index in [4.69, 9.17) is 4.42 Å². The third-order valence-corrected chi connectivity index (χ3v) is 2.69. The summed E-state index contributed by atoms with van der Waals surface area (Å²) in [4.78, 5) is 8.48. The van der Waals surface area contributed by atoms with Crippen LogP contribution in [0.2, 0.25) is 0 Å². The molecule has 0 aliphatic heterocycles. The highest BCUT2D eigenvalue weighted by Crippen LogP contribution is 2.14. The van der Waals surface area contributed by atoms with Gasteiger partial charge in [-0.15, -0.1) is 0 Å². The Morgan fingerprint density at radius 3 is 2.94 bits per heavy atom. The molecule has 0 aliphatic rings. The van der Waals surface area contributed by atoms with Gasteiger partial charge < -0.3 is 9.73 Å². The number of furan rings is 1. The van der Waals surface area contributed by atoms with E-state index in [2.05, 4.69) is 38.1 Å². The third kappa shape index (κ3) is 3.56. The van der Waals surface area contributed by atoms with E-state index in [-0.39, 0.29) is 6.04 Å². The molecule has 90 valence electrons. The number of aromatic nitrogens is 2. The molecule has 0 radical (unpaired) electrons. The molecule has 0 spiro atoms. The largest absolute Gasteiger partial charge is 0.469 e. The van der Waals surface area contributed by atoms with Crippen molar-refractivity contribution in [1.82, 2.24) is 9.97 Å². The van der Waals surface area contributed by atoms with Gasteiger partial charge in [0.1, 0.15) is 22.0 Å². The number of nitrogens with one attached hydrogen (secondary N) is 1. The Bertz CT molecular complexity index is 464. The molecule has 4 nitrogen and oxygen atoms in total. The molecule has 0 fully saturated rings. The summed E-state index contributed by atoms with van der Waals surface area (Å²) in [6.07, 6.45) is 2.52.